The molecule has 0 spiro atoms. The highest BCUT2D eigenvalue weighted by Gasteiger charge is 2.23. The van der Waals surface area contributed by atoms with Crippen LogP contribution in [0.5, 0.6) is 5.75 Å². The Kier molecular flexibility index (Phi) is 4.03. The fourth-order valence-electron chi connectivity index (χ4n) is 2.37. The Morgan fingerprint density at radius 1 is 1.46 bits per heavy atom. The van der Waals surface area contributed by atoms with Gasteiger partial charge in [0.25, 0.3) is 5.91 Å². The van der Waals surface area contributed by atoms with Gasteiger partial charge in [-0.25, -0.2) is 9.48 Å². The Bertz CT molecular complexity index is 827. The van der Waals surface area contributed by atoms with Gasteiger partial charge in [-0.05, 0) is 19.1 Å². The molecule has 1 amide bonds. The molecule has 0 aliphatic carbocycles. The molecule has 8 nitrogen and oxygen atoms in total. The number of likely N-dealkylation sites (N-methyl/N-ethyl adjacent to an activating group) is 1. The maximum absolute atomic E-state index is 11.9. The van der Waals surface area contributed by atoms with E-state index in [4.69, 9.17) is 9.47 Å². The summed E-state index contributed by atoms with van der Waals surface area (Å²) in [6.07, 6.45) is 2.00. The SMILES string of the molecule is CCOC(=O)c1nn(-c2ccc3c(c2)OCC(=O)N3C)cc1C=O. The van der Waals surface area contributed by atoms with Crippen LogP contribution in [0.25, 0.3) is 5.69 Å². The summed E-state index contributed by atoms with van der Waals surface area (Å²) >= 11 is 0. The molecule has 1 aliphatic heterocycles. The topological polar surface area (TPSA) is 90.7 Å². The van der Waals surface area contributed by atoms with Crippen molar-refractivity contribution in [3.63, 3.8) is 0 Å². The van der Waals surface area contributed by atoms with Crippen LogP contribution in [-0.2, 0) is 9.53 Å². The molecule has 0 fully saturated rings. The molecule has 0 bridgehead atoms. The summed E-state index contributed by atoms with van der Waals surface area (Å²) in [5.74, 6) is -0.268. The lowest BCUT2D eigenvalue weighted by molar-refractivity contribution is -0.120. The lowest BCUT2D eigenvalue weighted by Gasteiger charge is -2.26. The Balaban J connectivity index is 2.00. The summed E-state index contributed by atoms with van der Waals surface area (Å²) in [6.45, 7) is 1.82. The average molecular weight is 329 g/mol. The monoisotopic (exact) mass is 329 g/mol. The van der Waals surface area contributed by atoms with Crippen molar-refractivity contribution >= 4 is 23.9 Å². The van der Waals surface area contributed by atoms with Gasteiger partial charge in [0.1, 0.15) is 5.75 Å². The van der Waals surface area contributed by atoms with Gasteiger partial charge in [0.05, 0.1) is 23.5 Å². The second kappa shape index (κ2) is 6.15. The largest absolute Gasteiger partial charge is 0.481 e. The van der Waals surface area contributed by atoms with E-state index in [0.717, 1.165) is 0 Å². The molecule has 0 N–H and O–H groups in total. The van der Waals surface area contributed by atoms with E-state index in [9.17, 15) is 14.4 Å². The van der Waals surface area contributed by atoms with Crippen molar-refractivity contribution in [3.05, 3.63) is 35.7 Å². The first-order valence-corrected chi connectivity index (χ1v) is 7.31. The van der Waals surface area contributed by atoms with Crippen LogP contribution in [0.3, 0.4) is 0 Å². The quantitative estimate of drug-likeness (QED) is 0.619. The molecule has 8 heteroatoms. The van der Waals surface area contributed by atoms with Crippen molar-refractivity contribution in [2.45, 2.75) is 6.92 Å². The van der Waals surface area contributed by atoms with Crippen LogP contribution in [0.2, 0.25) is 0 Å². The van der Waals surface area contributed by atoms with Gasteiger partial charge in [-0.2, -0.15) is 5.10 Å². The van der Waals surface area contributed by atoms with Crippen molar-refractivity contribution in [2.75, 3.05) is 25.2 Å². The highest BCUT2D eigenvalue weighted by Crippen LogP contribution is 2.33. The molecular formula is C16H15N3O5. The van der Waals surface area contributed by atoms with Crippen molar-refractivity contribution in [2.24, 2.45) is 0 Å². The van der Waals surface area contributed by atoms with E-state index in [1.54, 1.807) is 32.2 Å². The minimum absolute atomic E-state index is 0.0419. The smallest absolute Gasteiger partial charge is 0.359 e. The Labute approximate surface area is 137 Å². The van der Waals surface area contributed by atoms with Gasteiger partial charge in [0.15, 0.2) is 18.6 Å². The van der Waals surface area contributed by atoms with Crippen LogP contribution in [-0.4, -0.2) is 48.2 Å². The fourth-order valence-corrected chi connectivity index (χ4v) is 2.37. The van der Waals surface area contributed by atoms with Gasteiger partial charge in [-0.15, -0.1) is 0 Å². The lowest BCUT2D eigenvalue weighted by atomic mass is 10.2. The molecule has 1 aromatic carbocycles. The molecule has 24 heavy (non-hydrogen) atoms. The average Bonchev–Trinajstić information content (AvgIpc) is 3.02. The zero-order valence-electron chi connectivity index (χ0n) is 13.2. The van der Waals surface area contributed by atoms with E-state index < -0.39 is 5.97 Å². The summed E-state index contributed by atoms with van der Waals surface area (Å²) in [6, 6.07) is 5.12. The molecule has 3 rings (SSSR count). The number of carbonyl (C=O) groups is 3. The van der Waals surface area contributed by atoms with E-state index in [-0.39, 0.29) is 30.4 Å². The van der Waals surface area contributed by atoms with E-state index in [1.165, 1.54) is 15.8 Å². The van der Waals surface area contributed by atoms with Gasteiger partial charge < -0.3 is 14.4 Å². The van der Waals surface area contributed by atoms with Gasteiger partial charge in [0, 0.05) is 19.3 Å². The van der Waals surface area contributed by atoms with Crippen molar-refractivity contribution in [1.82, 2.24) is 9.78 Å². The highest BCUT2D eigenvalue weighted by atomic mass is 16.5. The summed E-state index contributed by atoms with van der Waals surface area (Å²) in [5.41, 5.74) is 1.33. The maximum Gasteiger partial charge on any atom is 0.359 e. The van der Waals surface area contributed by atoms with Crippen molar-refractivity contribution < 1.29 is 23.9 Å². The van der Waals surface area contributed by atoms with Crippen molar-refractivity contribution in [3.8, 4) is 11.4 Å². The number of aldehydes is 1. The fraction of sp³-hybridized carbons (Fsp3) is 0.250. The summed E-state index contributed by atoms with van der Waals surface area (Å²) in [4.78, 5) is 36.2. The number of anilines is 1. The normalized spacial score (nSPS) is 13.2. The van der Waals surface area contributed by atoms with Crippen LogP contribution in [0.4, 0.5) is 5.69 Å². The number of ether oxygens (including phenoxy) is 2. The number of benzene rings is 1. The van der Waals surface area contributed by atoms with Gasteiger partial charge in [-0.1, -0.05) is 0 Å². The second-order valence-electron chi connectivity index (χ2n) is 5.11. The zero-order chi connectivity index (χ0) is 17.3. The molecule has 0 saturated carbocycles. The third-order valence-corrected chi connectivity index (χ3v) is 3.63. The van der Waals surface area contributed by atoms with Crippen LogP contribution < -0.4 is 9.64 Å². The van der Waals surface area contributed by atoms with Crippen molar-refractivity contribution in [1.29, 1.82) is 0 Å². The first-order chi connectivity index (χ1) is 11.5. The number of hydrogen-bond donors (Lipinski definition) is 0. The first-order valence-electron chi connectivity index (χ1n) is 7.31. The molecule has 1 aliphatic rings. The number of hydrogen-bond acceptors (Lipinski definition) is 6. The number of aromatic nitrogens is 2. The van der Waals surface area contributed by atoms with Gasteiger partial charge >= 0.3 is 5.97 Å². The Hall–Kier alpha value is -3.16. The predicted octanol–water partition coefficient (Wildman–Crippen LogP) is 1.22. The second-order valence-corrected chi connectivity index (χ2v) is 5.11. The molecule has 0 saturated heterocycles. The van der Waals surface area contributed by atoms with Crippen LogP contribution in [0.15, 0.2) is 24.4 Å². The number of nitrogens with zero attached hydrogens (tertiary/aromatic N) is 3. The van der Waals surface area contributed by atoms with E-state index in [2.05, 4.69) is 5.10 Å². The maximum atomic E-state index is 11.9. The number of rotatable bonds is 4. The number of esters is 1. The third-order valence-electron chi connectivity index (χ3n) is 3.63. The predicted molar refractivity (Wildman–Crippen MR) is 83.8 cm³/mol. The lowest BCUT2D eigenvalue weighted by Crippen LogP contribution is -2.35. The highest BCUT2D eigenvalue weighted by molar-refractivity contribution is 5.98. The van der Waals surface area contributed by atoms with Crippen LogP contribution >= 0.6 is 0 Å². The minimum Gasteiger partial charge on any atom is -0.481 e. The summed E-state index contributed by atoms with van der Waals surface area (Å²) in [5, 5.41) is 4.13. The van der Waals surface area contributed by atoms with Gasteiger partial charge in [0.2, 0.25) is 0 Å². The van der Waals surface area contributed by atoms with Crippen LogP contribution in [0, 0.1) is 0 Å². The molecule has 1 aromatic heterocycles. The van der Waals surface area contributed by atoms with E-state index in [0.29, 0.717) is 23.4 Å². The zero-order valence-corrected chi connectivity index (χ0v) is 13.2. The summed E-state index contributed by atoms with van der Waals surface area (Å²) in [7, 11) is 1.67. The molecular weight excluding hydrogens is 314 g/mol. The Morgan fingerprint density at radius 2 is 2.25 bits per heavy atom. The van der Waals surface area contributed by atoms with Crippen LogP contribution in [0.1, 0.15) is 27.8 Å². The minimum atomic E-state index is -0.655. The Morgan fingerprint density at radius 3 is 2.96 bits per heavy atom. The third kappa shape index (κ3) is 2.62. The molecule has 124 valence electrons. The van der Waals surface area contributed by atoms with E-state index >= 15 is 0 Å². The molecule has 2 aromatic rings. The number of fused-ring (bicyclic) bond motifs is 1. The van der Waals surface area contributed by atoms with Gasteiger partial charge in [-0.3, -0.25) is 9.59 Å². The standard InChI is InChI=1S/C16H15N3O5/c1-3-23-16(22)15-10(8-20)7-19(17-15)11-4-5-12-13(6-11)24-9-14(21)18(12)2/h4-8H,3,9H2,1-2H3. The molecule has 0 radical (unpaired) electrons. The number of amides is 1. The molecule has 0 atom stereocenters. The number of carbonyl (C=O) groups excluding carboxylic acids is 3. The molecule has 0 unspecified atom stereocenters. The van der Waals surface area contributed by atoms with E-state index in [1.807, 2.05) is 0 Å². The first kappa shape index (κ1) is 15.7. The summed E-state index contributed by atoms with van der Waals surface area (Å²) < 4.78 is 11.7. The molecule has 2 heterocycles.